The maximum Gasteiger partial charge on any atom is 0.210 e. The minimum Gasteiger partial charge on any atom is -0.545 e. The first-order valence-corrected chi connectivity index (χ1v) is 25.6. The zero-order valence-electron chi connectivity index (χ0n) is 35.8. The lowest BCUT2D eigenvalue weighted by Crippen LogP contribution is -2.41. The van der Waals surface area contributed by atoms with Crippen molar-refractivity contribution in [2.75, 3.05) is 69.1 Å². The Morgan fingerprint density at radius 1 is 0.762 bits per heavy atom. The summed E-state index contributed by atoms with van der Waals surface area (Å²) in [7, 11) is 0. The number of ketones is 1. The molecule has 0 N–H and O–H groups in total. The molecule has 5 aliphatic rings. The van der Waals surface area contributed by atoms with E-state index in [0.29, 0.717) is 61.4 Å². The molecule has 4 aromatic rings. The molecule has 63 heavy (non-hydrogen) atoms. The summed E-state index contributed by atoms with van der Waals surface area (Å²) in [6.45, 7) is 6.25. The normalized spacial score (nSPS) is 16.3. The highest BCUT2D eigenvalue weighted by Crippen LogP contribution is 2.52. The minimum atomic E-state index is -1.48. The van der Waals surface area contributed by atoms with Crippen LogP contribution in [0.5, 0.6) is 11.5 Å². The number of benzene rings is 4. The molecule has 0 radical (unpaired) electrons. The van der Waals surface area contributed by atoms with Gasteiger partial charge in [0.1, 0.15) is 30.4 Å². The molecular weight excluding hydrogens is 898 g/mol. The van der Waals surface area contributed by atoms with Crippen molar-refractivity contribution < 1.29 is 28.9 Å². The van der Waals surface area contributed by atoms with Crippen LogP contribution in [0.2, 0.25) is 15.1 Å². The number of carbonyl (C=O) groups is 2. The lowest BCUT2D eigenvalue weighted by Gasteiger charge is -2.38. The van der Waals surface area contributed by atoms with Gasteiger partial charge in [0, 0.05) is 100 Å². The Morgan fingerprint density at radius 3 is 2.32 bits per heavy atom. The van der Waals surface area contributed by atoms with Gasteiger partial charge in [-0.15, -0.1) is 23.4 Å². The van der Waals surface area contributed by atoms with Crippen molar-refractivity contribution in [2.45, 2.75) is 101 Å². The van der Waals surface area contributed by atoms with Crippen LogP contribution in [0.25, 0.3) is 16.3 Å². The average Bonchev–Trinajstić information content (AvgIpc) is 3.50. The smallest absolute Gasteiger partial charge is 0.210 e. The van der Waals surface area contributed by atoms with E-state index in [-0.39, 0.29) is 37.7 Å². The Balaban J connectivity index is 1.09. The Labute approximate surface area is 393 Å². The standard InChI is InChI=1S/C50H54Cl4N2O6S/c51-18-4-1-2-6-23-60-25-26-61-24-10-13-32(57)29-63-49-43(53)40(41(50(58)59)42(52)44(49)54)39-35-17-16-33-34-14-8-21-56-20-7-12-31(45(34)56)27-37(33)47(35)62-48-36-15-9-22-55-19-5-3-11-30(46(36)55)28-38(39)48/h16-17,27-28H,1-15,18-26,29H2. The van der Waals surface area contributed by atoms with Gasteiger partial charge in [0.15, 0.2) is 0 Å². The first kappa shape index (κ1) is 45.1. The van der Waals surface area contributed by atoms with E-state index in [2.05, 4.69) is 33.7 Å². The van der Waals surface area contributed by atoms with Crippen LogP contribution in [-0.4, -0.2) is 76.0 Å². The number of Topliss-reactive ketones (excluding diaryl/α,β-unsaturated/α-hetero) is 1. The number of aryl methyl sites for hydroxylation is 3. The quantitative estimate of drug-likeness (QED) is 0.0283. The second-order valence-corrected chi connectivity index (χ2v) is 19.9. The topological polar surface area (TPSA) is 91.1 Å². The second-order valence-electron chi connectivity index (χ2n) is 17.4. The molecule has 0 aliphatic carbocycles. The number of nitrogens with zero attached hydrogens (tertiary/aromatic N) is 2. The van der Waals surface area contributed by atoms with E-state index >= 15 is 0 Å². The molecule has 4 aromatic carbocycles. The predicted octanol–water partition coefficient (Wildman–Crippen LogP) is 9.26. The molecule has 0 amide bonds. The summed E-state index contributed by atoms with van der Waals surface area (Å²) in [5.41, 5.74) is 7.76. The molecule has 334 valence electrons. The van der Waals surface area contributed by atoms with Crippen LogP contribution >= 0.6 is 58.2 Å². The number of hydrogen-bond donors (Lipinski definition) is 0. The molecule has 0 atom stereocenters. The first-order valence-electron chi connectivity index (χ1n) is 22.9. The third-order valence-corrected chi connectivity index (χ3v) is 16.2. The van der Waals surface area contributed by atoms with Crippen LogP contribution in [0.4, 0.5) is 5.69 Å². The number of hydrogen-bond acceptors (Lipinski definition) is 8. The molecule has 9 rings (SSSR count). The number of aromatic carboxylic acids is 1. The van der Waals surface area contributed by atoms with Gasteiger partial charge in [-0.25, -0.2) is 4.58 Å². The van der Waals surface area contributed by atoms with Gasteiger partial charge >= 0.3 is 0 Å². The molecule has 13 heteroatoms. The molecule has 0 spiro atoms. The van der Waals surface area contributed by atoms with Gasteiger partial charge in [-0.2, -0.15) is 0 Å². The molecular formula is C50H54Cl4N2O6S. The fourth-order valence-electron chi connectivity index (χ4n) is 10.5. The zero-order chi connectivity index (χ0) is 43.6. The molecule has 5 aliphatic heterocycles. The van der Waals surface area contributed by atoms with Crippen molar-refractivity contribution in [2.24, 2.45) is 0 Å². The van der Waals surface area contributed by atoms with Gasteiger partial charge in [-0.05, 0) is 98.9 Å². The Morgan fingerprint density at radius 2 is 1.51 bits per heavy atom. The van der Waals surface area contributed by atoms with Gasteiger partial charge in [0.25, 0.3) is 0 Å². The van der Waals surface area contributed by atoms with E-state index in [4.69, 9.17) is 60.6 Å². The van der Waals surface area contributed by atoms with Crippen molar-refractivity contribution in [1.29, 1.82) is 0 Å². The van der Waals surface area contributed by atoms with E-state index in [9.17, 15) is 14.7 Å². The molecule has 0 unspecified atom stereocenters. The largest absolute Gasteiger partial charge is 0.545 e. The number of alkyl halides is 1. The number of ether oxygens (including phenoxy) is 3. The molecule has 0 bridgehead atoms. The lowest BCUT2D eigenvalue weighted by atomic mass is 9.83. The molecule has 0 saturated heterocycles. The van der Waals surface area contributed by atoms with E-state index in [1.54, 1.807) is 0 Å². The van der Waals surface area contributed by atoms with Gasteiger partial charge in [0.2, 0.25) is 5.36 Å². The maximum absolute atomic E-state index is 13.4. The predicted molar refractivity (Wildman–Crippen MR) is 254 cm³/mol. The van der Waals surface area contributed by atoms with Gasteiger partial charge in [-0.1, -0.05) is 53.7 Å². The van der Waals surface area contributed by atoms with E-state index in [1.807, 2.05) is 0 Å². The van der Waals surface area contributed by atoms with Gasteiger partial charge in [0.05, 0.1) is 45.6 Å². The average molecular weight is 953 g/mol. The number of fused-ring (bicyclic) bond motifs is 6. The molecule has 0 fully saturated rings. The monoisotopic (exact) mass is 950 g/mol. The number of unbranched alkanes of at least 4 members (excludes halogenated alkanes) is 3. The third kappa shape index (κ3) is 8.99. The summed E-state index contributed by atoms with van der Waals surface area (Å²) in [5, 5.41) is 17.5. The molecule has 5 heterocycles. The van der Waals surface area contributed by atoms with Crippen molar-refractivity contribution in [1.82, 2.24) is 4.58 Å². The number of carboxylic acids is 1. The summed E-state index contributed by atoms with van der Waals surface area (Å²) >= 11 is 28.4. The highest BCUT2D eigenvalue weighted by Gasteiger charge is 2.36. The number of thioether (sulfide) groups is 1. The summed E-state index contributed by atoms with van der Waals surface area (Å²) in [5.74, 6) is 0.714. The highest BCUT2D eigenvalue weighted by molar-refractivity contribution is 8.00. The lowest BCUT2D eigenvalue weighted by molar-refractivity contribution is -0.255. The van der Waals surface area contributed by atoms with E-state index < -0.39 is 5.97 Å². The van der Waals surface area contributed by atoms with Gasteiger partial charge < -0.3 is 29.0 Å². The maximum atomic E-state index is 13.4. The van der Waals surface area contributed by atoms with Crippen LogP contribution in [0, 0.1) is 0 Å². The summed E-state index contributed by atoms with van der Waals surface area (Å²) < 4.78 is 21.2. The van der Waals surface area contributed by atoms with E-state index in [0.717, 1.165) is 143 Å². The fourth-order valence-corrected chi connectivity index (χ4v) is 12.8. The minimum absolute atomic E-state index is 0.0105. The Hall–Kier alpha value is -3.02. The van der Waals surface area contributed by atoms with Crippen molar-refractivity contribution >= 4 is 92.0 Å². The second kappa shape index (κ2) is 20.2. The van der Waals surface area contributed by atoms with E-state index in [1.165, 1.54) is 39.5 Å². The number of rotatable bonds is 18. The summed E-state index contributed by atoms with van der Waals surface area (Å²) in [6.07, 6.45) is 14.2. The number of halogens is 4. The van der Waals surface area contributed by atoms with Crippen LogP contribution in [0.1, 0.15) is 114 Å². The zero-order valence-corrected chi connectivity index (χ0v) is 39.6. The Kier molecular flexibility index (Phi) is 14.5. The van der Waals surface area contributed by atoms with Crippen molar-refractivity contribution in [3.8, 4) is 11.5 Å². The van der Waals surface area contributed by atoms with Gasteiger partial charge in [-0.3, -0.25) is 4.79 Å². The number of carboxylic acid groups (broad SMARTS) is 1. The van der Waals surface area contributed by atoms with Crippen LogP contribution < -0.4 is 29.9 Å². The van der Waals surface area contributed by atoms with Crippen LogP contribution in [0.3, 0.4) is 0 Å². The van der Waals surface area contributed by atoms with Crippen molar-refractivity contribution in [3.05, 3.63) is 88.9 Å². The number of carbonyl (C=O) groups excluding carboxylic acids is 2. The van der Waals surface area contributed by atoms with Crippen LogP contribution in [0.15, 0.2) is 29.2 Å². The Bertz CT molecular complexity index is 2600. The van der Waals surface area contributed by atoms with Crippen molar-refractivity contribution in [3.63, 3.8) is 0 Å². The summed E-state index contributed by atoms with van der Waals surface area (Å²) in [6, 6.07) is 8.74. The fraction of sp³-hybridized carbons (Fsp3) is 0.500. The highest BCUT2D eigenvalue weighted by atomic mass is 35.5. The SMILES string of the molecule is O=C(CCCOCCOCCCCCCCl)CSc1c(Cl)c(Cl)c(C(=O)[O-])c(C2=c3cc4c5c(c3Oc3c2ccc2c6c7c(cc32)CCCN7CCC6)CCC[N+]=5CCCC4)c1Cl. The first-order chi connectivity index (χ1) is 30.8. The molecule has 0 saturated carbocycles. The molecule has 8 nitrogen and oxygen atoms in total. The van der Waals surface area contributed by atoms with Crippen LogP contribution in [-0.2, 0) is 40.0 Å². The summed E-state index contributed by atoms with van der Waals surface area (Å²) in [4.78, 5) is 29.6. The molecule has 0 aromatic heterocycles. The third-order valence-electron chi connectivity index (χ3n) is 13.3. The number of anilines is 1.